The number of pyridine rings is 1. The van der Waals surface area contributed by atoms with Crippen LogP contribution in [0.25, 0.3) is 10.9 Å². The zero-order valence-corrected chi connectivity index (χ0v) is 14.3. The summed E-state index contributed by atoms with van der Waals surface area (Å²) in [5.74, 6) is 0.690. The van der Waals surface area contributed by atoms with Crippen LogP contribution in [-0.4, -0.2) is 41.7 Å². The molecule has 0 radical (unpaired) electrons. The topological polar surface area (TPSA) is 65.5 Å². The predicted octanol–water partition coefficient (Wildman–Crippen LogP) is 2.58. The minimum absolute atomic E-state index is 0.109. The summed E-state index contributed by atoms with van der Waals surface area (Å²) in [6.45, 7) is 5.98. The largest absolute Gasteiger partial charge is 0.391 e. The third kappa shape index (κ3) is 3.51. The number of carbonyl (C=O) groups is 1. The molecule has 1 saturated heterocycles. The van der Waals surface area contributed by atoms with Gasteiger partial charge in [0.05, 0.1) is 17.2 Å². The summed E-state index contributed by atoms with van der Waals surface area (Å²) in [7, 11) is 0. The Kier molecular flexibility index (Phi) is 5.00. The normalized spacial score (nSPS) is 15.9. The van der Waals surface area contributed by atoms with Gasteiger partial charge < -0.3 is 15.3 Å². The fourth-order valence-corrected chi connectivity index (χ4v) is 2.97. The molecule has 1 aliphatic heterocycles. The van der Waals surface area contributed by atoms with Crippen molar-refractivity contribution in [2.24, 2.45) is 5.92 Å². The molecule has 1 unspecified atom stereocenters. The van der Waals surface area contributed by atoms with Crippen LogP contribution < -0.4 is 10.2 Å². The van der Waals surface area contributed by atoms with Crippen molar-refractivity contribution in [1.82, 2.24) is 10.3 Å². The zero-order chi connectivity index (χ0) is 17.1. The Hall–Kier alpha value is -2.14. The summed E-state index contributed by atoms with van der Waals surface area (Å²) < 4.78 is 0. The van der Waals surface area contributed by atoms with Crippen LogP contribution in [0.1, 0.15) is 37.0 Å². The lowest BCUT2D eigenvalue weighted by Gasteiger charge is -2.21. The molecule has 1 fully saturated rings. The standard InChI is InChI=1S/C19H25N3O2/c1-13(2)17(23)12-20-19(24)15-11-14-7-3-4-8-16(14)21-18(15)22-9-5-6-10-22/h3-4,7-8,11,13,17,23H,5-6,9-10,12H2,1-2H3,(H,20,24). The highest BCUT2D eigenvalue weighted by Crippen LogP contribution is 2.26. The summed E-state index contributed by atoms with van der Waals surface area (Å²) in [5.41, 5.74) is 1.49. The third-order valence-electron chi connectivity index (χ3n) is 4.60. The molecule has 1 aliphatic rings. The van der Waals surface area contributed by atoms with E-state index in [4.69, 9.17) is 4.98 Å². The van der Waals surface area contributed by atoms with E-state index >= 15 is 0 Å². The van der Waals surface area contributed by atoms with Gasteiger partial charge in [-0.15, -0.1) is 0 Å². The molecule has 2 heterocycles. The molecule has 2 aromatic rings. The number of fused-ring (bicyclic) bond motifs is 1. The van der Waals surface area contributed by atoms with Crippen molar-refractivity contribution < 1.29 is 9.90 Å². The van der Waals surface area contributed by atoms with Gasteiger partial charge in [-0.2, -0.15) is 0 Å². The number of amides is 1. The minimum Gasteiger partial charge on any atom is -0.391 e. The first kappa shape index (κ1) is 16.7. The lowest BCUT2D eigenvalue weighted by Crippen LogP contribution is -2.35. The van der Waals surface area contributed by atoms with Crippen LogP contribution >= 0.6 is 0 Å². The maximum absolute atomic E-state index is 12.7. The molecule has 0 aliphatic carbocycles. The molecule has 1 aromatic carbocycles. The number of hydrogen-bond acceptors (Lipinski definition) is 4. The first-order valence-corrected chi connectivity index (χ1v) is 8.67. The zero-order valence-electron chi connectivity index (χ0n) is 14.3. The highest BCUT2D eigenvalue weighted by Gasteiger charge is 2.22. The molecule has 1 aromatic heterocycles. The van der Waals surface area contributed by atoms with Crippen LogP contribution in [0, 0.1) is 5.92 Å². The van der Waals surface area contributed by atoms with Gasteiger partial charge in [0.2, 0.25) is 0 Å². The molecule has 5 nitrogen and oxygen atoms in total. The number of nitrogens with zero attached hydrogens (tertiary/aromatic N) is 2. The van der Waals surface area contributed by atoms with Crippen LogP contribution in [0.3, 0.4) is 0 Å². The van der Waals surface area contributed by atoms with Gasteiger partial charge >= 0.3 is 0 Å². The van der Waals surface area contributed by atoms with Gasteiger partial charge in [-0.1, -0.05) is 32.0 Å². The minimum atomic E-state index is -0.544. The van der Waals surface area contributed by atoms with Gasteiger partial charge in [-0.3, -0.25) is 4.79 Å². The van der Waals surface area contributed by atoms with Gasteiger partial charge in [0.15, 0.2) is 0 Å². The molecule has 128 valence electrons. The maximum Gasteiger partial charge on any atom is 0.255 e. The average Bonchev–Trinajstić information content (AvgIpc) is 3.12. The second-order valence-electron chi connectivity index (χ2n) is 6.77. The van der Waals surface area contributed by atoms with Crippen LogP contribution in [-0.2, 0) is 0 Å². The highest BCUT2D eigenvalue weighted by molar-refractivity contribution is 6.02. The molecule has 0 bridgehead atoms. The number of aliphatic hydroxyl groups is 1. The first-order valence-electron chi connectivity index (χ1n) is 8.67. The number of aliphatic hydroxyl groups excluding tert-OH is 1. The molecule has 0 spiro atoms. The molecule has 24 heavy (non-hydrogen) atoms. The number of hydrogen-bond donors (Lipinski definition) is 2. The van der Waals surface area contributed by atoms with Crippen molar-refractivity contribution >= 4 is 22.6 Å². The van der Waals surface area contributed by atoms with E-state index in [1.165, 1.54) is 0 Å². The molecule has 2 N–H and O–H groups in total. The third-order valence-corrected chi connectivity index (χ3v) is 4.60. The van der Waals surface area contributed by atoms with Gasteiger partial charge in [0, 0.05) is 25.0 Å². The van der Waals surface area contributed by atoms with E-state index in [9.17, 15) is 9.90 Å². The number of benzene rings is 1. The van der Waals surface area contributed by atoms with Crippen molar-refractivity contribution in [3.05, 3.63) is 35.9 Å². The summed E-state index contributed by atoms with van der Waals surface area (Å²) in [4.78, 5) is 19.6. The molecule has 0 saturated carbocycles. The lowest BCUT2D eigenvalue weighted by molar-refractivity contribution is 0.0872. The predicted molar refractivity (Wildman–Crippen MR) is 96.4 cm³/mol. The monoisotopic (exact) mass is 327 g/mol. The van der Waals surface area contributed by atoms with E-state index in [-0.39, 0.29) is 18.4 Å². The van der Waals surface area contributed by atoms with Crippen LogP contribution in [0.5, 0.6) is 0 Å². The molecule has 5 heteroatoms. The molecular formula is C19H25N3O2. The molecule has 3 rings (SSSR count). The summed E-state index contributed by atoms with van der Waals surface area (Å²) in [6, 6.07) is 9.76. The van der Waals surface area contributed by atoms with Gasteiger partial charge in [-0.05, 0) is 30.9 Å². The van der Waals surface area contributed by atoms with Gasteiger partial charge in [0.25, 0.3) is 5.91 Å². The van der Waals surface area contributed by atoms with Crippen molar-refractivity contribution in [3.8, 4) is 0 Å². The van der Waals surface area contributed by atoms with Crippen molar-refractivity contribution in [3.63, 3.8) is 0 Å². The Morgan fingerprint density at radius 1 is 1.29 bits per heavy atom. The smallest absolute Gasteiger partial charge is 0.255 e. The average molecular weight is 327 g/mol. The SMILES string of the molecule is CC(C)C(O)CNC(=O)c1cc2ccccc2nc1N1CCCC1. The number of rotatable bonds is 5. The molecular weight excluding hydrogens is 302 g/mol. The van der Waals surface area contributed by atoms with E-state index in [2.05, 4.69) is 10.2 Å². The lowest BCUT2D eigenvalue weighted by atomic mass is 10.1. The number of carbonyl (C=O) groups excluding carboxylic acids is 1. The van der Waals surface area contributed by atoms with E-state index < -0.39 is 6.10 Å². The van der Waals surface area contributed by atoms with E-state index in [0.717, 1.165) is 42.7 Å². The van der Waals surface area contributed by atoms with Crippen molar-refractivity contribution in [2.45, 2.75) is 32.8 Å². The molecule has 1 atom stereocenters. The van der Waals surface area contributed by atoms with Crippen LogP contribution in [0.15, 0.2) is 30.3 Å². The van der Waals surface area contributed by atoms with E-state index in [1.54, 1.807) is 0 Å². The maximum atomic E-state index is 12.7. The number of nitrogens with one attached hydrogen (secondary N) is 1. The first-order chi connectivity index (χ1) is 11.6. The number of para-hydroxylation sites is 1. The van der Waals surface area contributed by atoms with Crippen molar-refractivity contribution in [1.29, 1.82) is 0 Å². The Balaban J connectivity index is 1.91. The Morgan fingerprint density at radius 3 is 2.71 bits per heavy atom. The van der Waals surface area contributed by atoms with Crippen LogP contribution in [0.2, 0.25) is 0 Å². The van der Waals surface area contributed by atoms with Gasteiger partial charge in [-0.25, -0.2) is 4.98 Å². The Bertz CT molecular complexity index is 724. The number of aromatic nitrogens is 1. The Morgan fingerprint density at radius 2 is 2.00 bits per heavy atom. The fourth-order valence-electron chi connectivity index (χ4n) is 2.97. The summed E-state index contributed by atoms with van der Waals surface area (Å²) in [6.07, 6.45) is 1.71. The fraction of sp³-hybridized carbons (Fsp3) is 0.474. The Labute approximate surface area is 142 Å². The van der Waals surface area contributed by atoms with E-state index in [1.807, 2.05) is 44.2 Å². The molecule has 1 amide bonds. The number of anilines is 1. The second-order valence-corrected chi connectivity index (χ2v) is 6.77. The van der Waals surface area contributed by atoms with Crippen molar-refractivity contribution in [2.75, 3.05) is 24.5 Å². The summed E-state index contributed by atoms with van der Waals surface area (Å²) in [5, 5.41) is 13.7. The van der Waals surface area contributed by atoms with Gasteiger partial charge in [0.1, 0.15) is 5.82 Å². The second kappa shape index (κ2) is 7.18. The van der Waals surface area contributed by atoms with Crippen LogP contribution in [0.4, 0.5) is 5.82 Å². The van der Waals surface area contributed by atoms with E-state index in [0.29, 0.717) is 5.56 Å². The summed E-state index contributed by atoms with van der Waals surface area (Å²) >= 11 is 0. The highest BCUT2D eigenvalue weighted by atomic mass is 16.3. The quantitative estimate of drug-likeness (QED) is 0.886.